The van der Waals surface area contributed by atoms with Gasteiger partial charge in [0.2, 0.25) is 0 Å². The van der Waals surface area contributed by atoms with Gasteiger partial charge in [-0.2, -0.15) is 13.2 Å². The fraction of sp³-hybridized carbons (Fsp3) is 0.483. The van der Waals surface area contributed by atoms with Gasteiger partial charge in [0.15, 0.2) is 0 Å². The van der Waals surface area contributed by atoms with Crippen molar-refractivity contribution in [2.75, 3.05) is 18.8 Å². The van der Waals surface area contributed by atoms with Crippen molar-refractivity contribution in [3.05, 3.63) is 57.3 Å². The number of nitrogens with one attached hydrogen (secondary N) is 1. The van der Waals surface area contributed by atoms with Crippen molar-refractivity contribution in [1.29, 1.82) is 0 Å². The number of aromatic nitrogens is 1. The van der Waals surface area contributed by atoms with Crippen molar-refractivity contribution in [2.24, 2.45) is 5.92 Å². The van der Waals surface area contributed by atoms with Crippen molar-refractivity contribution < 1.29 is 23.4 Å². The number of pyridine rings is 1. The van der Waals surface area contributed by atoms with Crippen LogP contribution in [0.4, 0.5) is 13.2 Å². The summed E-state index contributed by atoms with van der Waals surface area (Å²) in [5.74, 6) is 0.669. The molecule has 1 saturated heterocycles. The van der Waals surface area contributed by atoms with Gasteiger partial charge in [-0.05, 0) is 81.5 Å². The van der Waals surface area contributed by atoms with Crippen molar-refractivity contribution >= 4 is 34.3 Å². The number of halogens is 4. The van der Waals surface area contributed by atoms with Gasteiger partial charge in [0.05, 0.1) is 16.6 Å². The molecule has 212 valence electrons. The summed E-state index contributed by atoms with van der Waals surface area (Å²) < 4.78 is 40.7. The van der Waals surface area contributed by atoms with Crippen LogP contribution in [-0.4, -0.2) is 51.1 Å². The average molecular weight is 583 g/mol. The summed E-state index contributed by atoms with van der Waals surface area (Å²) in [4.78, 5) is 18.4. The van der Waals surface area contributed by atoms with Gasteiger partial charge in [-0.15, -0.1) is 11.8 Å². The van der Waals surface area contributed by atoms with Crippen LogP contribution in [0.2, 0.25) is 5.02 Å². The number of aliphatic hydroxyl groups excluding tert-OH is 1. The maximum absolute atomic E-state index is 13.6. The smallest absolute Gasteiger partial charge is 0.416 e. The highest BCUT2D eigenvalue weighted by Crippen LogP contribution is 2.42. The lowest BCUT2D eigenvalue weighted by molar-refractivity contribution is -0.137. The van der Waals surface area contributed by atoms with Crippen LogP contribution in [0, 0.1) is 5.92 Å². The van der Waals surface area contributed by atoms with Gasteiger partial charge in [0.1, 0.15) is 5.75 Å². The van der Waals surface area contributed by atoms with Crippen molar-refractivity contribution in [2.45, 2.75) is 69.2 Å². The molecule has 3 atom stereocenters. The normalized spacial score (nSPS) is 19.5. The number of likely N-dealkylation sites (tertiary alicyclic amines) is 1. The fourth-order valence-corrected chi connectivity index (χ4v) is 6.51. The molecule has 0 radical (unpaired) electrons. The Morgan fingerprint density at radius 2 is 1.97 bits per heavy atom. The second-order valence-electron chi connectivity index (χ2n) is 10.4. The minimum Gasteiger partial charge on any atom is -0.507 e. The Hall–Kier alpha value is -2.20. The summed E-state index contributed by atoms with van der Waals surface area (Å²) in [5.41, 5.74) is -0.878. The first-order valence-corrected chi connectivity index (χ1v) is 14.6. The number of fused-ring (bicyclic) bond motifs is 1. The SMILES string of the molecule is CCC1CCC(C)N(CCCC(O)CSc2c(-c3cc(Cl)ccc3O)c3cc(C(F)(F)F)ccc3[nH]c2=O)C1. The van der Waals surface area contributed by atoms with Gasteiger partial charge in [0.25, 0.3) is 5.56 Å². The molecule has 1 aliphatic rings. The molecule has 2 aromatic carbocycles. The number of thioether (sulfide) groups is 1. The molecule has 4 rings (SSSR count). The molecule has 1 aromatic heterocycles. The van der Waals surface area contributed by atoms with E-state index in [-0.39, 0.29) is 43.5 Å². The zero-order valence-electron chi connectivity index (χ0n) is 22.0. The summed E-state index contributed by atoms with van der Waals surface area (Å²) >= 11 is 7.23. The van der Waals surface area contributed by atoms with E-state index < -0.39 is 23.4 Å². The van der Waals surface area contributed by atoms with E-state index in [4.69, 9.17) is 11.6 Å². The number of phenolic OH excluding ortho intramolecular Hbond substituents is 1. The summed E-state index contributed by atoms with van der Waals surface area (Å²) in [6.45, 7) is 6.41. The average Bonchev–Trinajstić information content (AvgIpc) is 2.89. The summed E-state index contributed by atoms with van der Waals surface area (Å²) in [7, 11) is 0. The first-order chi connectivity index (χ1) is 18.5. The van der Waals surface area contributed by atoms with E-state index in [1.54, 1.807) is 0 Å². The molecule has 2 heterocycles. The topological polar surface area (TPSA) is 76.6 Å². The van der Waals surface area contributed by atoms with E-state index in [1.807, 2.05) is 0 Å². The zero-order chi connectivity index (χ0) is 28.3. The highest BCUT2D eigenvalue weighted by Gasteiger charge is 2.31. The number of nitrogens with zero attached hydrogens (tertiary/aromatic N) is 1. The van der Waals surface area contributed by atoms with E-state index >= 15 is 0 Å². The van der Waals surface area contributed by atoms with Crippen molar-refractivity contribution in [1.82, 2.24) is 9.88 Å². The van der Waals surface area contributed by atoms with Gasteiger partial charge in [-0.3, -0.25) is 4.79 Å². The molecule has 1 fully saturated rings. The van der Waals surface area contributed by atoms with Gasteiger partial charge >= 0.3 is 6.18 Å². The molecule has 5 nitrogen and oxygen atoms in total. The van der Waals surface area contributed by atoms with Crippen LogP contribution in [0.3, 0.4) is 0 Å². The largest absolute Gasteiger partial charge is 0.507 e. The third-order valence-electron chi connectivity index (χ3n) is 7.61. The number of benzene rings is 2. The van der Waals surface area contributed by atoms with Crippen LogP contribution in [0.15, 0.2) is 46.1 Å². The van der Waals surface area contributed by atoms with Gasteiger partial charge in [-0.25, -0.2) is 0 Å². The number of aliphatic hydroxyl groups is 1. The van der Waals surface area contributed by atoms with E-state index in [0.29, 0.717) is 18.4 Å². The molecule has 0 saturated carbocycles. The number of alkyl halides is 3. The van der Waals surface area contributed by atoms with Gasteiger partial charge in [0, 0.05) is 45.4 Å². The predicted octanol–water partition coefficient (Wildman–Crippen LogP) is 7.32. The number of aromatic hydroxyl groups is 1. The van der Waals surface area contributed by atoms with Crippen molar-refractivity contribution in [3.63, 3.8) is 0 Å². The molecular formula is C29H34ClF3N2O3S. The number of aromatic amines is 1. The van der Waals surface area contributed by atoms with Crippen LogP contribution in [0.25, 0.3) is 22.0 Å². The third kappa shape index (κ3) is 7.12. The minimum atomic E-state index is -4.59. The first-order valence-electron chi connectivity index (χ1n) is 13.3. The molecular weight excluding hydrogens is 549 g/mol. The summed E-state index contributed by atoms with van der Waals surface area (Å²) in [5, 5.41) is 21.7. The van der Waals surface area contributed by atoms with Crippen LogP contribution in [-0.2, 0) is 6.18 Å². The summed E-state index contributed by atoms with van der Waals surface area (Å²) in [6, 6.07) is 7.82. The number of H-pyrrole nitrogens is 1. The quantitative estimate of drug-likeness (QED) is 0.231. The fourth-order valence-electron chi connectivity index (χ4n) is 5.27. The molecule has 3 N–H and O–H groups in total. The van der Waals surface area contributed by atoms with Crippen LogP contribution in [0.5, 0.6) is 5.75 Å². The lowest BCUT2D eigenvalue weighted by atomic mass is 9.91. The summed E-state index contributed by atoms with van der Waals surface area (Å²) in [6.07, 6.45) is -0.376. The highest BCUT2D eigenvalue weighted by molar-refractivity contribution is 7.99. The van der Waals surface area contributed by atoms with Crippen LogP contribution < -0.4 is 5.56 Å². The molecule has 0 spiro atoms. The monoisotopic (exact) mass is 582 g/mol. The molecule has 3 aromatic rings. The zero-order valence-corrected chi connectivity index (χ0v) is 23.6. The van der Waals surface area contributed by atoms with Crippen LogP contribution >= 0.6 is 23.4 Å². The second kappa shape index (κ2) is 12.5. The predicted molar refractivity (Wildman–Crippen MR) is 152 cm³/mol. The van der Waals surface area contributed by atoms with E-state index in [9.17, 15) is 28.2 Å². The number of hydrogen-bond donors (Lipinski definition) is 3. The van der Waals surface area contributed by atoms with E-state index in [2.05, 4.69) is 23.7 Å². The third-order valence-corrected chi connectivity index (χ3v) is 9.08. The maximum Gasteiger partial charge on any atom is 0.416 e. The Bertz CT molecular complexity index is 1360. The molecule has 39 heavy (non-hydrogen) atoms. The highest BCUT2D eigenvalue weighted by atomic mass is 35.5. The maximum atomic E-state index is 13.6. The first kappa shape index (κ1) is 29.8. The Kier molecular flexibility index (Phi) is 9.57. The van der Waals surface area contributed by atoms with Crippen molar-refractivity contribution in [3.8, 4) is 16.9 Å². The lowest BCUT2D eigenvalue weighted by Crippen LogP contribution is -2.42. The molecule has 10 heteroatoms. The van der Waals surface area contributed by atoms with E-state index in [0.717, 1.165) is 49.8 Å². The molecule has 1 aliphatic heterocycles. The Morgan fingerprint density at radius 1 is 1.21 bits per heavy atom. The molecule has 0 bridgehead atoms. The number of hydrogen-bond acceptors (Lipinski definition) is 5. The number of rotatable bonds is 9. The second-order valence-corrected chi connectivity index (χ2v) is 11.8. The lowest BCUT2D eigenvalue weighted by Gasteiger charge is -2.38. The molecule has 0 amide bonds. The Balaban J connectivity index is 1.59. The Morgan fingerprint density at radius 3 is 2.69 bits per heavy atom. The number of piperidine rings is 1. The van der Waals surface area contributed by atoms with Gasteiger partial charge < -0.3 is 20.1 Å². The molecule has 3 unspecified atom stereocenters. The van der Waals surface area contributed by atoms with Gasteiger partial charge in [-0.1, -0.05) is 24.9 Å². The molecule has 0 aliphatic carbocycles. The van der Waals surface area contributed by atoms with Crippen LogP contribution in [0.1, 0.15) is 51.5 Å². The minimum absolute atomic E-state index is 0.119. The number of phenols is 1. The Labute approximate surface area is 235 Å². The van der Waals surface area contributed by atoms with E-state index in [1.165, 1.54) is 37.1 Å². The standard InChI is InChI=1S/C29H34ClF3N2O3S/c1-3-18-7-6-17(2)35(15-18)12-4-5-21(36)16-39-27-26(23-14-20(30)9-11-25(23)37)22-13-19(29(31,32)33)8-10-24(22)34-28(27)38/h8-11,13-14,17-18,21,36-37H,3-7,12,15-16H2,1-2H3,(H,34,38).